The minimum atomic E-state index is 0.739. The smallest absolute Gasteiger partial charge is 0.232 e. The van der Waals surface area contributed by atoms with Crippen LogP contribution in [0.15, 0.2) is 34.9 Å². The van der Waals surface area contributed by atoms with E-state index in [0.717, 1.165) is 34.6 Å². The molecule has 0 aliphatic carbocycles. The first-order valence-corrected chi connectivity index (χ1v) is 6.26. The van der Waals surface area contributed by atoms with Crippen LogP contribution in [-0.4, -0.2) is 10.5 Å². The number of benzene rings is 1. The van der Waals surface area contributed by atoms with Crippen molar-refractivity contribution in [1.82, 2.24) is 5.16 Å². The second-order valence-electron chi connectivity index (χ2n) is 3.51. The summed E-state index contributed by atoms with van der Waals surface area (Å²) in [6.45, 7) is 1.96. The highest BCUT2D eigenvalue weighted by molar-refractivity contribution is 9.09. The van der Waals surface area contributed by atoms with Gasteiger partial charge in [-0.25, -0.2) is 0 Å². The molecule has 0 amide bonds. The molecule has 84 valence electrons. The van der Waals surface area contributed by atoms with Crippen LogP contribution >= 0.6 is 15.9 Å². The molecule has 4 heteroatoms. The Morgan fingerprint density at radius 3 is 2.75 bits per heavy atom. The molecule has 0 saturated carbocycles. The molecule has 16 heavy (non-hydrogen) atoms. The molecule has 1 N–H and O–H groups in total. The summed E-state index contributed by atoms with van der Waals surface area (Å²) in [5.74, 6) is 0.739. The summed E-state index contributed by atoms with van der Waals surface area (Å²) in [4.78, 5) is 0. The maximum atomic E-state index is 5.27. The van der Waals surface area contributed by atoms with Crippen LogP contribution in [0.5, 0.6) is 0 Å². The Morgan fingerprint density at radius 1 is 1.31 bits per heavy atom. The number of aromatic nitrogens is 1. The van der Waals surface area contributed by atoms with Gasteiger partial charge in [0.15, 0.2) is 0 Å². The molecule has 1 aromatic carbocycles. The monoisotopic (exact) mass is 280 g/mol. The maximum Gasteiger partial charge on any atom is 0.232 e. The molecule has 0 radical (unpaired) electrons. The van der Waals surface area contributed by atoms with Gasteiger partial charge < -0.3 is 9.84 Å². The highest BCUT2D eigenvalue weighted by Crippen LogP contribution is 2.24. The molecule has 0 bridgehead atoms. The zero-order chi connectivity index (χ0) is 11.4. The first-order chi connectivity index (χ1) is 7.81. The highest BCUT2D eigenvalue weighted by atomic mass is 79.9. The number of anilines is 2. The zero-order valence-corrected chi connectivity index (χ0v) is 10.6. The average molecular weight is 281 g/mol. The Hall–Kier alpha value is -1.29. The van der Waals surface area contributed by atoms with Gasteiger partial charge in [0.1, 0.15) is 0 Å². The van der Waals surface area contributed by atoms with Crippen LogP contribution < -0.4 is 5.32 Å². The van der Waals surface area contributed by atoms with E-state index in [1.54, 1.807) is 0 Å². The van der Waals surface area contributed by atoms with E-state index < -0.39 is 0 Å². The number of hydrogen-bond acceptors (Lipinski definition) is 3. The van der Waals surface area contributed by atoms with Crippen LogP contribution in [0.4, 0.5) is 11.6 Å². The van der Waals surface area contributed by atoms with Crippen LogP contribution in [0.1, 0.15) is 11.3 Å². The van der Waals surface area contributed by atoms with E-state index in [0.29, 0.717) is 0 Å². The first kappa shape index (κ1) is 11.2. The van der Waals surface area contributed by atoms with Crippen molar-refractivity contribution in [3.05, 3.63) is 41.6 Å². The summed E-state index contributed by atoms with van der Waals surface area (Å²) < 4.78 is 5.27. The van der Waals surface area contributed by atoms with Gasteiger partial charge in [0, 0.05) is 16.6 Å². The fourth-order valence-electron chi connectivity index (χ4n) is 1.53. The number of para-hydroxylation sites is 1. The second-order valence-corrected chi connectivity index (χ2v) is 4.30. The summed E-state index contributed by atoms with van der Waals surface area (Å²) >= 11 is 3.43. The van der Waals surface area contributed by atoms with Crippen molar-refractivity contribution in [2.75, 3.05) is 10.6 Å². The number of nitrogens with zero attached hydrogens (tertiary/aromatic N) is 1. The lowest BCUT2D eigenvalue weighted by Crippen LogP contribution is -1.94. The normalized spacial score (nSPS) is 10.4. The van der Waals surface area contributed by atoms with Gasteiger partial charge in [0.2, 0.25) is 5.88 Å². The van der Waals surface area contributed by atoms with E-state index in [1.807, 2.05) is 37.3 Å². The van der Waals surface area contributed by atoms with E-state index in [-0.39, 0.29) is 0 Å². The number of aryl methyl sites for hydroxylation is 1. The van der Waals surface area contributed by atoms with Gasteiger partial charge in [0.05, 0.1) is 5.69 Å². The van der Waals surface area contributed by atoms with Crippen molar-refractivity contribution in [3.63, 3.8) is 0 Å². The molecule has 0 fully saturated rings. The van der Waals surface area contributed by atoms with E-state index in [2.05, 4.69) is 26.4 Å². The first-order valence-electron chi connectivity index (χ1n) is 5.14. The van der Waals surface area contributed by atoms with Gasteiger partial charge in [-0.05, 0) is 25.5 Å². The van der Waals surface area contributed by atoms with Gasteiger partial charge in [-0.3, -0.25) is 0 Å². The molecular formula is C12H13BrN2O. The van der Waals surface area contributed by atoms with Crippen molar-refractivity contribution in [1.29, 1.82) is 0 Å². The minimum Gasteiger partial charge on any atom is -0.338 e. The SMILES string of the molecule is Cc1noc(Nc2ccccc2)c1CCBr. The number of halogens is 1. The molecule has 2 aromatic rings. The predicted octanol–water partition coefficient (Wildman–Crippen LogP) is 3.66. The van der Waals surface area contributed by atoms with Gasteiger partial charge in [-0.15, -0.1) is 0 Å². The lowest BCUT2D eigenvalue weighted by molar-refractivity contribution is 0.429. The number of nitrogens with one attached hydrogen (secondary N) is 1. The second kappa shape index (κ2) is 5.16. The molecule has 1 aromatic heterocycles. The van der Waals surface area contributed by atoms with Gasteiger partial charge in [0.25, 0.3) is 0 Å². The fourth-order valence-corrected chi connectivity index (χ4v) is 1.92. The zero-order valence-electron chi connectivity index (χ0n) is 9.03. The largest absolute Gasteiger partial charge is 0.338 e. The molecule has 0 spiro atoms. The number of alkyl halides is 1. The molecule has 0 aliphatic rings. The topological polar surface area (TPSA) is 38.1 Å². The fraction of sp³-hybridized carbons (Fsp3) is 0.250. The Kier molecular flexibility index (Phi) is 3.62. The summed E-state index contributed by atoms with van der Waals surface area (Å²) in [6.07, 6.45) is 0.907. The Balaban J connectivity index is 2.21. The molecule has 1 heterocycles. The minimum absolute atomic E-state index is 0.739. The standard InChI is InChI=1S/C12H13BrN2O/c1-9-11(7-8-13)12(16-15-9)14-10-5-3-2-4-6-10/h2-6,14H,7-8H2,1H3. The molecule has 2 rings (SSSR count). The van der Waals surface area contributed by atoms with E-state index in [4.69, 9.17) is 4.52 Å². The average Bonchev–Trinajstić information content (AvgIpc) is 2.64. The van der Waals surface area contributed by atoms with Crippen molar-refractivity contribution >= 4 is 27.5 Å². The molecule has 0 atom stereocenters. The summed E-state index contributed by atoms with van der Waals surface area (Å²) in [7, 11) is 0. The number of hydrogen-bond donors (Lipinski definition) is 1. The molecular weight excluding hydrogens is 268 g/mol. The van der Waals surface area contributed by atoms with Crippen molar-refractivity contribution in [3.8, 4) is 0 Å². The lowest BCUT2D eigenvalue weighted by atomic mass is 10.2. The molecule has 0 unspecified atom stereocenters. The molecule has 0 aliphatic heterocycles. The van der Waals surface area contributed by atoms with Crippen LogP contribution in [-0.2, 0) is 6.42 Å². The van der Waals surface area contributed by atoms with E-state index >= 15 is 0 Å². The Morgan fingerprint density at radius 2 is 2.06 bits per heavy atom. The number of rotatable bonds is 4. The molecule has 3 nitrogen and oxygen atoms in total. The van der Waals surface area contributed by atoms with Crippen molar-refractivity contribution in [2.24, 2.45) is 0 Å². The Labute approximate surface area is 103 Å². The third-order valence-corrected chi connectivity index (χ3v) is 2.76. The third kappa shape index (κ3) is 2.44. The summed E-state index contributed by atoms with van der Waals surface area (Å²) in [6, 6.07) is 9.94. The van der Waals surface area contributed by atoms with Crippen LogP contribution in [0.3, 0.4) is 0 Å². The summed E-state index contributed by atoms with van der Waals surface area (Å²) in [5, 5.41) is 8.10. The lowest BCUT2D eigenvalue weighted by Gasteiger charge is -2.03. The predicted molar refractivity (Wildman–Crippen MR) is 68.5 cm³/mol. The van der Waals surface area contributed by atoms with Gasteiger partial charge in [-0.1, -0.05) is 39.3 Å². The van der Waals surface area contributed by atoms with Crippen LogP contribution in [0.2, 0.25) is 0 Å². The van der Waals surface area contributed by atoms with Gasteiger partial charge >= 0.3 is 0 Å². The van der Waals surface area contributed by atoms with Crippen molar-refractivity contribution in [2.45, 2.75) is 13.3 Å². The Bertz CT molecular complexity index is 453. The third-order valence-electron chi connectivity index (χ3n) is 2.36. The van der Waals surface area contributed by atoms with E-state index in [1.165, 1.54) is 0 Å². The van der Waals surface area contributed by atoms with Crippen molar-refractivity contribution < 1.29 is 4.52 Å². The quantitative estimate of drug-likeness (QED) is 0.869. The molecule has 0 saturated heterocycles. The van der Waals surface area contributed by atoms with Gasteiger partial charge in [-0.2, -0.15) is 0 Å². The highest BCUT2D eigenvalue weighted by Gasteiger charge is 2.11. The van der Waals surface area contributed by atoms with E-state index in [9.17, 15) is 0 Å². The maximum absolute atomic E-state index is 5.27. The summed E-state index contributed by atoms with van der Waals surface area (Å²) in [5.41, 5.74) is 3.08. The van der Waals surface area contributed by atoms with Crippen LogP contribution in [0.25, 0.3) is 0 Å². The van der Waals surface area contributed by atoms with Crippen LogP contribution in [0, 0.1) is 6.92 Å².